The van der Waals surface area contributed by atoms with E-state index in [-0.39, 0.29) is 44.4 Å². The first kappa shape index (κ1) is 24.5. The number of aromatic nitrogens is 2. The molecule has 0 fully saturated rings. The second-order valence-electron chi connectivity index (χ2n) is 5.88. The number of carboxylic acid groups (broad SMARTS) is 1. The van der Waals surface area contributed by atoms with Gasteiger partial charge in [0.1, 0.15) is 11.5 Å². The molecule has 29 heavy (non-hydrogen) atoms. The number of para-hydroxylation sites is 1. The number of nitrogens with zero attached hydrogens (tertiary/aromatic N) is 2. The van der Waals surface area contributed by atoms with Gasteiger partial charge in [-0.2, -0.15) is 0 Å². The van der Waals surface area contributed by atoms with Crippen LogP contribution in [-0.2, 0) is 16.0 Å². The molecule has 0 saturated heterocycles. The summed E-state index contributed by atoms with van der Waals surface area (Å²) in [5.74, 6) is 0.419. The summed E-state index contributed by atoms with van der Waals surface area (Å²) in [6, 6.07) is 17.1. The lowest BCUT2D eigenvalue weighted by Gasteiger charge is -2.11. The number of carbonyl (C=O) groups is 1. The predicted molar refractivity (Wildman–Crippen MR) is 115 cm³/mol. The highest BCUT2D eigenvalue weighted by Crippen LogP contribution is 2.23. The zero-order valence-corrected chi connectivity index (χ0v) is 17.1. The Morgan fingerprint density at radius 2 is 1.83 bits per heavy atom. The number of benzene rings is 2. The van der Waals surface area contributed by atoms with Crippen molar-refractivity contribution in [2.75, 3.05) is 13.2 Å². The summed E-state index contributed by atoms with van der Waals surface area (Å²) in [6.07, 6.45) is 2.62. The van der Waals surface area contributed by atoms with Crippen molar-refractivity contribution in [2.45, 2.75) is 12.5 Å². The van der Waals surface area contributed by atoms with Crippen LogP contribution >= 0.6 is 24.8 Å². The van der Waals surface area contributed by atoms with Crippen LogP contribution in [0.1, 0.15) is 5.69 Å². The molecular weight excluding hydrogens is 417 g/mol. The molecule has 9 heteroatoms. The number of halogens is 2. The first-order valence-electron chi connectivity index (χ1n) is 8.56. The smallest absolute Gasteiger partial charge is 0.333 e. The molecule has 0 aliphatic carbocycles. The average Bonchev–Trinajstić information content (AvgIpc) is 3.15. The van der Waals surface area contributed by atoms with Gasteiger partial charge in [-0.25, -0.2) is 9.78 Å². The summed E-state index contributed by atoms with van der Waals surface area (Å²) >= 11 is 0. The molecule has 156 valence electrons. The van der Waals surface area contributed by atoms with Crippen molar-refractivity contribution in [1.82, 2.24) is 9.55 Å². The van der Waals surface area contributed by atoms with Crippen molar-refractivity contribution >= 4 is 30.8 Å². The van der Waals surface area contributed by atoms with Crippen molar-refractivity contribution in [3.8, 4) is 17.2 Å². The fraction of sp³-hybridized carbons (Fsp3) is 0.200. The van der Waals surface area contributed by atoms with Gasteiger partial charge in [0.2, 0.25) is 0 Å². The monoisotopic (exact) mass is 439 g/mol. The molecule has 1 atom stereocenters. The van der Waals surface area contributed by atoms with Gasteiger partial charge >= 0.3 is 5.97 Å². The summed E-state index contributed by atoms with van der Waals surface area (Å²) in [5, 5.41) is 9.24. The molecule has 0 aliphatic heterocycles. The third-order valence-corrected chi connectivity index (χ3v) is 3.84. The first-order valence-corrected chi connectivity index (χ1v) is 8.56. The molecule has 2 aromatic carbocycles. The van der Waals surface area contributed by atoms with Crippen molar-refractivity contribution < 1.29 is 19.4 Å². The summed E-state index contributed by atoms with van der Waals surface area (Å²) < 4.78 is 12.9. The molecule has 3 aromatic rings. The third-order valence-electron chi connectivity index (χ3n) is 3.84. The van der Waals surface area contributed by atoms with Gasteiger partial charge in [0.25, 0.3) is 0 Å². The van der Waals surface area contributed by atoms with Crippen LogP contribution in [0.5, 0.6) is 11.5 Å². The van der Waals surface area contributed by atoms with Gasteiger partial charge in [-0.15, -0.1) is 24.8 Å². The van der Waals surface area contributed by atoms with Gasteiger partial charge < -0.3 is 24.9 Å². The van der Waals surface area contributed by atoms with E-state index >= 15 is 0 Å². The highest BCUT2D eigenvalue weighted by atomic mass is 35.5. The molecule has 0 radical (unpaired) electrons. The first-order chi connectivity index (χ1) is 13.2. The maximum Gasteiger partial charge on any atom is 0.333 e. The Labute approximate surface area is 181 Å². The average molecular weight is 440 g/mol. The second-order valence-corrected chi connectivity index (χ2v) is 5.88. The molecule has 3 N–H and O–H groups in total. The summed E-state index contributed by atoms with van der Waals surface area (Å²) in [5.41, 5.74) is 6.85. The van der Waals surface area contributed by atoms with Crippen molar-refractivity contribution in [1.29, 1.82) is 0 Å². The fourth-order valence-corrected chi connectivity index (χ4v) is 2.56. The number of aliphatic carboxylic acids is 1. The molecule has 0 bridgehead atoms. The van der Waals surface area contributed by atoms with Gasteiger partial charge in [0, 0.05) is 25.2 Å². The van der Waals surface area contributed by atoms with Gasteiger partial charge in [-0.05, 0) is 24.3 Å². The largest absolute Gasteiger partial charge is 0.479 e. The minimum Gasteiger partial charge on any atom is -0.479 e. The fourth-order valence-electron chi connectivity index (χ4n) is 2.56. The van der Waals surface area contributed by atoms with E-state index < -0.39 is 12.1 Å². The zero-order valence-electron chi connectivity index (χ0n) is 15.5. The van der Waals surface area contributed by atoms with E-state index in [1.165, 1.54) is 0 Å². The van der Waals surface area contributed by atoms with Crippen molar-refractivity contribution in [2.24, 2.45) is 5.73 Å². The molecule has 0 saturated carbocycles. The Bertz CT molecular complexity index is 890. The van der Waals surface area contributed by atoms with E-state index in [4.69, 9.17) is 15.2 Å². The van der Waals surface area contributed by atoms with Gasteiger partial charge in [-0.3, -0.25) is 0 Å². The van der Waals surface area contributed by atoms with Crippen LogP contribution in [0.2, 0.25) is 0 Å². The van der Waals surface area contributed by atoms with Gasteiger partial charge in [0.05, 0.1) is 24.3 Å². The Kier molecular flexibility index (Phi) is 10.2. The van der Waals surface area contributed by atoms with E-state index in [0.29, 0.717) is 11.4 Å². The van der Waals surface area contributed by atoms with Crippen LogP contribution in [0.4, 0.5) is 0 Å². The van der Waals surface area contributed by atoms with Crippen LogP contribution in [0.25, 0.3) is 5.69 Å². The Morgan fingerprint density at radius 3 is 2.52 bits per heavy atom. The number of hydrogen-bond donors (Lipinski definition) is 2. The van der Waals surface area contributed by atoms with Gasteiger partial charge in [-0.1, -0.05) is 24.3 Å². The lowest BCUT2D eigenvalue weighted by atomic mass is 10.2. The molecule has 0 spiro atoms. The molecule has 1 unspecified atom stereocenters. The number of imidazole rings is 1. The highest BCUT2D eigenvalue weighted by molar-refractivity contribution is 5.85. The predicted octanol–water partition coefficient (Wildman–Crippen LogP) is 3.48. The number of rotatable bonds is 9. The number of ether oxygens (including phenoxy) is 2. The minimum absolute atomic E-state index is 0. The summed E-state index contributed by atoms with van der Waals surface area (Å²) in [7, 11) is 0. The maximum atomic E-state index is 11.3. The lowest BCUT2D eigenvalue weighted by molar-refractivity contribution is -0.150. The van der Waals surface area contributed by atoms with E-state index in [2.05, 4.69) is 4.98 Å². The molecule has 3 rings (SSSR count). The Hall–Kier alpha value is -2.58. The molecule has 1 heterocycles. The molecular formula is C20H23Cl2N3O4. The van der Waals surface area contributed by atoms with Crippen LogP contribution < -0.4 is 10.5 Å². The molecule has 7 nitrogen and oxygen atoms in total. The van der Waals surface area contributed by atoms with E-state index in [1.807, 2.05) is 59.2 Å². The van der Waals surface area contributed by atoms with E-state index in [0.717, 1.165) is 11.4 Å². The van der Waals surface area contributed by atoms with Crippen molar-refractivity contribution in [3.05, 3.63) is 72.8 Å². The van der Waals surface area contributed by atoms with Crippen LogP contribution in [0, 0.1) is 0 Å². The van der Waals surface area contributed by atoms with Crippen molar-refractivity contribution in [3.63, 3.8) is 0 Å². The lowest BCUT2D eigenvalue weighted by Crippen LogP contribution is -2.28. The topological polar surface area (TPSA) is 99.6 Å². The highest BCUT2D eigenvalue weighted by Gasteiger charge is 2.19. The molecule has 0 aliphatic rings. The van der Waals surface area contributed by atoms with E-state index in [9.17, 15) is 9.90 Å². The maximum absolute atomic E-state index is 11.3. The standard InChI is InChI=1S/C20H21N3O4.2ClH/c21-9-10-26-19(20(24)25)11-15-13-23(14-22-15)16-5-4-8-18(12-16)27-17-6-2-1-3-7-17;;/h1-8,12-14,19H,9-11,21H2,(H,24,25);2*1H. The Balaban J connectivity index is 0.00000210. The quantitative estimate of drug-likeness (QED) is 0.529. The number of nitrogens with two attached hydrogens (primary N) is 1. The van der Waals surface area contributed by atoms with E-state index in [1.54, 1.807) is 12.5 Å². The second kappa shape index (κ2) is 12.1. The zero-order chi connectivity index (χ0) is 19.1. The minimum atomic E-state index is -1.03. The Morgan fingerprint density at radius 1 is 1.10 bits per heavy atom. The van der Waals surface area contributed by atoms with Crippen LogP contribution in [-0.4, -0.2) is 39.9 Å². The van der Waals surface area contributed by atoms with Gasteiger partial charge in [0.15, 0.2) is 6.10 Å². The third kappa shape index (κ3) is 7.07. The number of hydrogen-bond acceptors (Lipinski definition) is 5. The molecule has 0 amide bonds. The summed E-state index contributed by atoms with van der Waals surface area (Å²) in [4.78, 5) is 15.6. The van der Waals surface area contributed by atoms with Crippen LogP contribution in [0.3, 0.4) is 0 Å². The number of carboxylic acids is 1. The SMILES string of the molecule is Cl.Cl.NCCOC(Cc1cn(-c2cccc(Oc3ccccc3)c2)cn1)C(=O)O. The molecule has 1 aromatic heterocycles. The van der Waals surface area contributed by atoms with Crippen LogP contribution in [0.15, 0.2) is 67.1 Å². The summed E-state index contributed by atoms with van der Waals surface area (Å²) in [6.45, 7) is 0.461. The normalized spacial score (nSPS) is 11.1.